The highest BCUT2D eigenvalue weighted by molar-refractivity contribution is 7.08. The Balaban J connectivity index is 2.21. The second kappa shape index (κ2) is 3.20. The van der Waals surface area contributed by atoms with E-state index in [0.717, 1.165) is 24.4 Å². The normalized spacial score (nSPS) is 27.8. The highest BCUT2D eigenvalue weighted by Gasteiger charge is 2.37. The molecule has 3 nitrogen and oxygen atoms in total. The molecule has 1 saturated heterocycles. The van der Waals surface area contributed by atoms with Gasteiger partial charge in [0.25, 0.3) is 0 Å². The highest BCUT2D eigenvalue weighted by atomic mass is 32.1. The van der Waals surface area contributed by atoms with Gasteiger partial charge in [-0.05, 0) is 30.6 Å². The maximum atomic E-state index is 12.0. The van der Waals surface area contributed by atoms with E-state index in [0.29, 0.717) is 0 Å². The fourth-order valence-corrected chi connectivity index (χ4v) is 2.33. The van der Waals surface area contributed by atoms with Gasteiger partial charge in [-0.15, -0.1) is 0 Å². The molecule has 1 aromatic heterocycles. The topological polar surface area (TPSA) is 42.0 Å². The fraction of sp³-hybridized carbons (Fsp3) is 0.556. The molecule has 0 aromatic carbocycles. The largest absolute Gasteiger partial charge is 0.316 e. The summed E-state index contributed by atoms with van der Waals surface area (Å²) in [5, 5.41) is 3.22. The van der Waals surface area contributed by atoms with Crippen molar-refractivity contribution in [3.05, 3.63) is 17.1 Å². The molecule has 1 unspecified atom stereocenters. The SMILES string of the molecule is CC1(C(=O)c2ccns2)CCNC1. The lowest BCUT2D eigenvalue weighted by Crippen LogP contribution is -2.29. The Bertz CT molecular complexity index is 301. The Labute approximate surface area is 81.3 Å². The van der Waals surface area contributed by atoms with Gasteiger partial charge in [0, 0.05) is 18.2 Å². The van der Waals surface area contributed by atoms with Crippen molar-refractivity contribution in [2.45, 2.75) is 13.3 Å². The number of Topliss-reactive ketones (excluding diaryl/α,β-unsaturated/α-hetero) is 1. The maximum absolute atomic E-state index is 12.0. The molecule has 70 valence electrons. The van der Waals surface area contributed by atoms with Crippen molar-refractivity contribution >= 4 is 17.3 Å². The lowest BCUT2D eigenvalue weighted by molar-refractivity contribution is 0.0844. The molecule has 2 rings (SSSR count). The van der Waals surface area contributed by atoms with Gasteiger partial charge >= 0.3 is 0 Å². The summed E-state index contributed by atoms with van der Waals surface area (Å²) in [5.74, 6) is 0.236. The van der Waals surface area contributed by atoms with Crippen molar-refractivity contribution in [2.75, 3.05) is 13.1 Å². The molecule has 1 aliphatic rings. The standard InChI is InChI=1S/C9H12N2OS/c1-9(3-5-10-6-9)8(12)7-2-4-11-13-7/h2,4,10H,3,5-6H2,1H3. The maximum Gasteiger partial charge on any atom is 0.181 e. The first kappa shape index (κ1) is 8.84. The number of rotatable bonds is 2. The van der Waals surface area contributed by atoms with Gasteiger partial charge in [0.15, 0.2) is 5.78 Å². The third kappa shape index (κ3) is 1.51. The number of carbonyl (C=O) groups excluding carboxylic acids is 1. The highest BCUT2D eigenvalue weighted by Crippen LogP contribution is 2.30. The first-order valence-corrected chi connectivity index (χ1v) is 5.16. The minimum atomic E-state index is -0.202. The molecule has 1 fully saturated rings. The Morgan fingerprint density at radius 2 is 2.62 bits per heavy atom. The minimum Gasteiger partial charge on any atom is -0.316 e. The third-order valence-corrected chi connectivity index (χ3v) is 3.32. The van der Waals surface area contributed by atoms with Gasteiger partial charge < -0.3 is 5.32 Å². The number of hydrogen-bond acceptors (Lipinski definition) is 4. The monoisotopic (exact) mass is 196 g/mol. The van der Waals surface area contributed by atoms with Crippen molar-refractivity contribution in [2.24, 2.45) is 5.41 Å². The van der Waals surface area contributed by atoms with Crippen molar-refractivity contribution in [1.29, 1.82) is 0 Å². The summed E-state index contributed by atoms with van der Waals surface area (Å²) >= 11 is 1.29. The lowest BCUT2D eigenvalue weighted by atomic mass is 9.84. The Morgan fingerprint density at radius 3 is 3.15 bits per heavy atom. The van der Waals surface area contributed by atoms with E-state index in [4.69, 9.17) is 0 Å². The molecule has 0 saturated carbocycles. The van der Waals surface area contributed by atoms with E-state index in [1.807, 2.05) is 6.92 Å². The van der Waals surface area contributed by atoms with Crippen LogP contribution in [0.2, 0.25) is 0 Å². The zero-order valence-corrected chi connectivity index (χ0v) is 8.36. The molecular weight excluding hydrogens is 184 g/mol. The molecule has 0 bridgehead atoms. The molecule has 1 aliphatic heterocycles. The zero-order valence-electron chi connectivity index (χ0n) is 7.54. The van der Waals surface area contributed by atoms with E-state index in [1.54, 1.807) is 12.3 Å². The van der Waals surface area contributed by atoms with Crippen LogP contribution in [0.3, 0.4) is 0 Å². The van der Waals surface area contributed by atoms with Gasteiger partial charge in [0.2, 0.25) is 0 Å². The fourth-order valence-electron chi connectivity index (χ4n) is 1.64. The molecule has 1 aromatic rings. The summed E-state index contributed by atoms with van der Waals surface area (Å²) in [4.78, 5) is 12.7. The van der Waals surface area contributed by atoms with Crippen LogP contribution in [0, 0.1) is 5.41 Å². The molecule has 4 heteroatoms. The Hall–Kier alpha value is -0.740. The van der Waals surface area contributed by atoms with Crippen molar-refractivity contribution in [3.63, 3.8) is 0 Å². The molecule has 1 N–H and O–H groups in total. The number of ketones is 1. The summed E-state index contributed by atoms with van der Waals surface area (Å²) < 4.78 is 3.95. The second-order valence-electron chi connectivity index (χ2n) is 3.69. The summed E-state index contributed by atoms with van der Waals surface area (Å²) in [6, 6.07) is 1.80. The zero-order chi connectivity index (χ0) is 9.31. The van der Waals surface area contributed by atoms with Crippen LogP contribution in [-0.4, -0.2) is 23.2 Å². The van der Waals surface area contributed by atoms with Gasteiger partial charge in [-0.2, -0.15) is 0 Å². The predicted octanol–water partition coefficient (Wildman–Crippen LogP) is 1.33. The van der Waals surface area contributed by atoms with E-state index in [-0.39, 0.29) is 11.2 Å². The van der Waals surface area contributed by atoms with Gasteiger partial charge in [-0.25, -0.2) is 4.37 Å². The predicted molar refractivity (Wildman–Crippen MR) is 52.0 cm³/mol. The lowest BCUT2D eigenvalue weighted by Gasteiger charge is -2.19. The molecule has 0 amide bonds. The van der Waals surface area contributed by atoms with Crippen LogP contribution in [0.4, 0.5) is 0 Å². The number of nitrogens with one attached hydrogen (secondary N) is 1. The van der Waals surface area contributed by atoms with Crippen molar-refractivity contribution < 1.29 is 4.79 Å². The van der Waals surface area contributed by atoms with E-state index in [9.17, 15) is 4.79 Å². The van der Waals surface area contributed by atoms with E-state index in [2.05, 4.69) is 9.69 Å². The molecule has 2 heterocycles. The van der Waals surface area contributed by atoms with Crippen molar-refractivity contribution in [3.8, 4) is 0 Å². The van der Waals surface area contributed by atoms with Crippen LogP contribution in [0.15, 0.2) is 12.3 Å². The van der Waals surface area contributed by atoms with Gasteiger partial charge in [0.1, 0.15) is 0 Å². The quantitative estimate of drug-likeness (QED) is 0.725. The number of aromatic nitrogens is 1. The van der Waals surface area contributed by atoms with Crippen molar-refractivity contribution in [1.82, 2.24) is 9.69 Å². The smallest absolute Gasteiger partial charge is 0.181 e. The Kier molecular flexibility index (Phi) is 2.17. The van der Waals surface area contributed by atoms with Crippen LogP contribution in [0.5, 0.6) is 0 Å². The molecule has 0 radical (unpaired) electrons. The molecule has 0 aliphatic carbocycles. The average molecular weight is 196 g/mol. The summed E-state index contributed by atoms with van der Waals surface area (Å²) in [6.45, 7) is 3.76. The second-order valence-corrected chi connectivity index (χ2v) is 4.53. The van der Waals surface area contributed by atoms with E-state index >= 15 is 0 Å². The summed E-state index contributed by atoms with van der Waals surface area (Å²) in [6.07, 6.45) is 2.62. The number of carbonyl (C=O) groups is 1. The number of hydrogen-bond donors (Lipinski definition) is 1. The van der Waals surface area contributed by atoms with E-state index < -0.39 is 0 Å². The number of nitrogens with zero attached hydrogens (tertiary/aromatic N) is 1. The first-order chi connectivity index (χ1) is 6.22. The molecule has 0 spiro atoms. The van der Waals surface area contributed by atoms with Crippen LogP contribution >= 0.6 is 11.5 Å². The summed E-state index contributed by atoms with van der Waals surface area (Å²) in [5.41, 5.74) is -0.202. The van der Waals surface area contributed by atoms with E-state index in [1.165, 1.54) is 11.5 Å². The van der Waals surface area contributed by atoms with Gasteiger partial charge in [-0.1, -0.05) is 6.92 Å². The average Bonchev–Trinajstić information content (AvgIpc) is 2.73. The van der Waals surface area contributed by atoms with Crippen LogP contribution in [-0.2, 0) is 0 Å². The van der Waals surface area contributed by atoms with Gasteiger partial charge in [0.05, 0.1) is 4.88 Å². The minimum absolute atomic E-state index is 0.202. The molecule has 1 atom stereocenters. The van der Waals surface area contributed by atoms with Crippen LogP contribution in [0.25, 0.3) is 0 Å². The van der Waals surface area contributed by atoms with Crippen LogP contribution in [0.1, 0.15) is 23.0 Å². The molecular formula is C9H12N2OS. The first-order valence-electron chi connectivity index (χ1n) is 4.39. The van der Waals surface area contributed by atoms with Gasteiger partial charge in [-0.3, -0.25) is 4.79 Å². The molecule has 13 heavy (non-hydrogen) atoms. The third-order valence-electron chi connectivity index (χ3n) is 2.58. The Morgan fingerprint density at radius 1 is 1.77 bits per heavy atom. The van der Waals surface area contributed by atoms with Crippen LogP contribution < -0.4 is 5.32 Å². The summed E-state index contributed by atoms with van der Waals surface area (Å²) in [7, 11) is 0.